The van der Waals surface area contributed by atoms with Gasteiger partial charge >= 0.3 is 0 Å². The fourth-order valence-corrected chi connectivity index (χ4v) is 3.57. The van der Waals surface area contributed by atoms with Crippen molar-refractivity contribution in [1.29, 1.82) is 0 Å². The number of rotatable bonds is 7. The van der Waals surface area contributed by atoms with Gasteiger partial charge in [0.15, 0.2) is 0 Å². The number of nitrogens with one attached hydrogen (secondary N) is 3. The van der Waals surface area contributed by atoms with Crippen LogP contribution in [0.1, 0.15) is 24.1 Å². The van der Waals surface area contributed by atoms with E-state index in [4.69, 9.17) is 4.74 Å². The molecule has 160 valence electrons. The van der Waals surface area contributed by atoms with Crippen molar-refractivity contribution in [3.63, 3.8) is 0 Å². The zero-order valence-electron chi connectivity index (χ0n) is 17.7. The number of aliphatic imine (C=N–C) groups is 1. The molecule has 5 rings (SSSR count). The lowest BCUT2D eigenvalue weighted by Gasteiger charge is -2.15. The molecule has 1 aliphatic heterocycles. The topological polar surface area (TPSA) is 87.2 Å². The van der Waals surface area contributed by atoms with Crippen LogP contribution in [0.2, 0.25) is 0 Å². The van der Waals surface area contributed by atoms with E-state index in [1.54, 1.807) is 6.20 Å². The summed E-state index contributed by atoms with van der Waals surface area (Å²) in [6, 6.07) is 20.4. The molecule has 3 heterocycles. The Morgan fingerprint density at radius 1 is 1.09 bits per heavy atom. The second-order valence-electron chi connectivity index (χ2n) is 7.67. The van der Waals surface area contributed by atoms with E-state index in [0.29, 0.717) is 24.9 Å². The van der Waals surface area contributed by atoms with Gasteiger partial charge in [0.1, 0.15) is 24.0 Å². The lowest BCUT2D eigenvalue weighted by molar-refractivity contribution is 0.198. The molecule has 4 aromatic rings. The van der Waals surface area contributed by atoms with Gasteiger partial charge in [-0.3, -0.25) is 4.99 Å². The van der Waals surface area contributed by atoms with Crippen LogP contribution in [0.25, 0.3) is 10.9 Å². The Labute approximate surface area is 186 Å². The minimum absolute atomic E-state index is 0.0613. The summed E-state index contributed by atoms with van der Waals surface area (Å²) in [6.07, 6.45) is 5.59. The Kier molecular flexibility index (Phi) is 5.53. The Morgan fingerprint density at radius 2 is 2.00 bits per heavy atom. The van der Waals surface area contributed by atoms with Crippen LogP contribution < -0.4 is 10.6 Å². The third-order valence-electron chi connectivity index (χ3n) is 5.30. The third-order valence-corrected chi connectivity index (χ3v) is 5.30. The van der Waals surface area contributed by atoms with E-state index in [9.17, 15) is 0 Å². The highest BCUT2D eigenvalue weighted by Gasteiger charge is 2.12. The summed E-state index contributed by atoms with van der Waals surface area (Å²) in [4.78, 5) is 16.7. The van der Waals surface area contributed by atoms with Gasteiger partial charge in [0.05, 0.1) is 12.6 Å². The van der Waals surface area contributed by atoms with Crippen molar-refractivity contribution >= 4 is 28.5 Å². The van der Waals surface area contributed by atoms with Gasteiger partial charge in [0.25, 0.3) is 0 Å². The number of aromatic nitrogens is 3. The van der Waals surface area contributed by atoms with E-state index < -0.39 is 0 Å². The number of ether oxygens (including phenoxy) is 1. The van der Waals surface area contributed by atoms with E-state index >= 15 is 0 Å². The van der Waals surface area contributed by atoms with Gasteiger partial charge < -0.3 is 20.4 Å². The van der Waals surface area contributed by atoms with Gasteiger partial charge in [-0.25, -0.2) is 4.98 Å². The Balaban J connectivity index is 1.20. The number of amidine groups is 1. The molecule has 3 N–H and O–H groups in total. The first-order chi connectivity index (χ1) is 15.7. The van der Waals surface area contributed by atoms with E-state index in [1.807, 2.05) is 48.7 Å². The van der Waals surface area contributed by atoms with Crippen molar-refractivity contribution in [3.05, 3.63) is 96.0 Å². The summed E-state index contributed by atoms with van der Waals surface area (Å²) in [5.41, 5.74) is 3.43. The van der Waals surface area contributed by atoms with Crippen LogP contribution in [0.15, 0.2) is 89.9 Å². The molecule has 1 aliphatic rings. The van der Waals surface area contributed by atoms with Crippen molar-refractivity contribution in [3.8, 4) is 0 Å². The summed E-state index contributed by atoms with van der Waals surface area (Å²) < 4.78 is 5.87. The predicted octanol–water partition coefficient (Wildman–Crippen LogP) is 5.06. The minimum Gasteiger partial charge on any atom is -0.491 e. The second-order valence-corrected chi connectivity index (χ2v) is 7.67. The Morgan fingerprint density at radius 3 is 2.91 bits per heavy atom. The molecule has 32 heavy (non-hydrogen) atoms. The lowest BCUT2D eigenvalue weighted by Crippen LogP contribution is -2.12. The molecule has 0 bridgehead atoms. The van der Waals surface area contributed by atoms with Crippen molar-refractivity contribution < 1.29 is 4.74 Å². The van der Waals surface area contributed by atoms with E-state index in [0.717, 1.165) is 22.7 Å². The van der Waals surface area contributed by atoms with Gasteiger partial charge in [0, 0.05) is 24.0 Å². The number of aromatic amines is 1. The van der Waals surface area contributed by atoms with E-state index in [1.165, 1.54) is 10.9 Å². The molecule has 0 amide bonds. The summed E-state index contributed by atoms with van der Waals surface area (Å²) in [5.74, 6) is 2.79. The number of anilines is 2. The highest BCUT2D eigenvalue weighted by Crippen LogP contribution is 2.22. The molecular formula is C25H24N6O. The van der Waals surface area contributed by atoms with E-state index in [-0.39, 0.29) is 6.04 Å². The van der Waals surface area contributed by atoms with Crippen LogP contribution in [0.4, 0.5) is 11.8 Å². The zero-order valence-corrected chi connectivity index (χ0v) is 17.7. The van der Waals surface area contributed by atoms with Gasteiger partial charge in [-0.2, -0.15) is 4.98 Å². The summed E-state index contributed by atoms with van der Waals surface area (Å²) in [6.45, 7) is 3.14. The largest absolute Gasteiger partial charge is 0.491 e. The quantitative estimate of drug-likeness (QED) is 0.386. The maximum atomic E-state index is 5.87. The average Bonchev–Trinajstić information content (AvgIpc) is 3.47. The Bertz CT molecular complexity index is 1280. The average molecular weight is 425 g/mol. The number of hydrogen-bond donors (Lipinski definition) is 3. The first kappa shape index (κ1) is 19.8. The molecule has 2 aromatic heterocycles. The minimum atomic E-state index is 0.0613. The van der Waals surface area contributed by atoms with Gasteiger partial charge in [-0.05, 0) is 47.7 Å². The summed E-state index contributed by atoms with van der Waals surface area (Å²) >= 11 is 0. The van der Waals surface area contributed by atoms with Gasteiger partial charge in [-0.15, -0.1) is 0 Å². The van der Waals surface area contributed by atoms with Crippen LogP contribution in [0, 0.1) is 0 Å². The molecule has 2 aromatic carbocycles. The second kappa shape index (κ2) is 8.93. The monoisotopic (exact) mass is 424 g/mol. The van der Waals surface area contributed by atoms with Crippen molar-refractivity contribution in [2.24, 2.45) is 4.99 Å². The molecular weight excluding hydrogens is 400 g/mol. The maximum absolute atomic E-state index is 5.87. The lowest BCUT2D eigenvalue weighted by atomic mass is 10.1. The fourth-order valence-electron chi connectivity index (χ4n) is 3.57. The van der Waals surface area contributed by atoms with Gasteiger partial charge in [0.2, 0.25) is 5.95 Å². The number of nitrogens with zero attached hydrogens (tertiary/aromatic N) is 3. The number of benzene rings is 2. The predicted molar refractivity (Wildman–Crippen MR) is 128 cm³/mol. The molecule has 7 heteroatoms. The van der Waals surface area contributed by atoms with Crippen LogP contribution in [0.5, 0.6) is 0 Å². The fraction of sp³-hybridized carbons (Fsp3) is 0.160. The summed E-state index contributed by atoms with van der Waals surface area (Å²) in [7, 11) is 0. The smallest absolute Gasteiger partial charge is 0.225 e. The first-order valence-corrected chi connectivity index (χ1v) is 10.6. The van der Waals surface area contributed by atoms with Gasteiger partial charge in [-0.1, -0.05) is 36.4 Å². The van der Waals surface area contributed by atoms with Crippen molar-refractivity contribution in [2.75, 3.05) is 17.2 Å². The molecule has 0 saturated heterocycles. The molecule has 1 atom stereocenters. The van der Waals surface area contributed by atoms with Crippen LogP contribution in [-0.2, 0) is 11.3 Å². The van der Waals surface area contributed by atoms with Crippen molar-refractivity contribution in [2.45, 2.75) is 19.6 Å². The van der Waals surface area contributed by atoms with Crippen LogP contribution >= 0.6 is 0 Å². The molecule has 0 fully saturated rings. The zero-order chi connectivity index (χ0) is 21.8. The highest BCUT2D eigenvalue weighted by atomic mass is 16.5. The van der Waals surface area contributed by atoms with Crippen LogP contribution in [-0.4, -0.2) is 27.3 Å². The third kappa shape index (κ3) is 4.62. The number of fused-ring (bicyclic) bond motifs is 1. The van der Waals surface area contributed by atoms with Crippen LogP contribution in [0.3, 0.4) is 0 Å². The normalized spacial score (nSPS) is 14.0. The molecule has 0 saturated carbocycles. The van der Waals surface area contributed by atoms with Crippen molar-refractivity contribution in [1.82, 2.24) is 15.0 Å². The molecule has 0 unspecified atom stereocenters. The first-order valence-electron chi connectivity index (χ1n) is 10.6. The highest BCUT2D eigenvalue weighted by molar-refractivity contribution is 6.04. The number of hydrogen-bond acceptors (Lipinski definition) is 6. The summed E-state index contributed by atoms with van der Waals surface area (Å²) in [5, 5.41) is 7.80. The molecule has 0 radical (unpaired) electrons. The standard InChI is InChI=1S/C25H24N6O/c1-17(19-7-8-22-20(13-19)9-11-26-22)29-25-27-12-10-23(31-25)30-24-14-21(15-28-24)32-16-18-5-3-2-4-6-18/h2-14,17,26H,15-16H2,1H3,(H2,27,28,29,30,31)/t17-/m0/s1. The Hall–Kier alpha value is -4.13. The van der Waals surface area contributed by atoms with E-state index in [2.05, 4.69) is 61.8 Å². The maximum Gasteiger partial charge on any atom is 0.225 e. The molecule has 0 spiro atoms. The SMILES string of the molecule is C[C@H](Nc1nccc(NC2=NCC(OCc3ccccc3)=C2)n1)c1ccc2[nH]ccc2c1. The number of H-pyrrole nitrogens is 1. The molecule has 7 nitrogen and oxygen atoms in total. The molecule has 0 aliphatic carbocycles.